The lowest BCUT2D eigenvalue weighted by molar-refractivity contribution is 0.0938. The lowest BCUT2D eigenvalue weighted by Crippen LogP contribution is -2.33. The second-order valence-corrected chi connectivity index (χ2v) is 8.81. The van der Waals surface area contributed by atoms with Crippen LogP contribution in [0.4, 0.5) is 0 Å². The predicted octanol–water partition coefficient (Wildman–Crippen LogP) is 3.62. The van der Waals surface area contributed by atoms with Gasteiger partial charge in [-0.25, -0.2) is 19.5 Å². The van der Waals surface area contributed by atoms with Crippen molar-refractivity contribution in [1.82, 2.24) is 34.4 Å². The van der Waals surface area contributed by atoms with Crippen molar-refractivity contribution in [3.63, 3.8) is 0 Å². The number of para-hydroxylation sites is 1. The Kier molecular flexibility index (Phi) is 5.93. The van der Waals surface area contributed by atoms with E-state index in [2.05, 4.69) is 32.2 Å². The minimum Gasteiger partial charge on any atom is -0.450 e. The fourth-order valence-electron chi connectivity index (χ4n) is 4.47. The molecule has 10 heteroatoms. The molecule has 2 aromatic carbocycles. The maximum Gasteiger partial charge on any atom is 0.267 e. The minimum atomic E-state index is -0.641. The first-order valence-corrected chi connectivity index (χ1v) is 12.1. The molecule has 4 aromatic heterocycles. The molecule has 190 valence electrons. The summed E-state index contributed by atoms with van der Waals surface area (Å²) in [6, 6.07) is 15.6. The normalized spacial score (nSPS) is 11.7. The van der Waals surface area contributed by atoms with Gasteiger partial charge >= 0.3 is 0 Å². The molecule has 1 amide bonds. The summed E-state index contributed by atoms with van der Waals surface area (Å²) >= 11 is 0. The van der Waals surface area contributed by atoms with Gasteiger partial charge in [0.15, 0.2) is 17.7 Å². The van der Waals surface area contributed by atoms with Crippen molar-refractivity contribution in [1.29, 1.82) is 0 Å². The van der Waals surface area contributed by atoms with Crippen LogP contribution in [0.3, 0.4) is 0 Å². The molecule has 0 radical (unpaired) electrons. The highest BCUT2D eigenvalue weighted by Gasteiger charge is 2.24. The molecule has 0 unspecified atom stereocenters. The van der Waals surface area contributed by atoms with Gasteiger partial charge in [-0.3, -0.25) is 14.2 Å². The molecule has 10 nitrogen and oxygen atoms in total. The van der Waals surface area contributed by atoms with Crippen molar-refractivity contribution >= 4 is 22.5 Å². The van der Waals surface area contributed by atoms with Gasteiger partial charge in [-0.1, -0.05) is 30.2 Å². The van der Waals surface area contributed by atoms with Crippen LogP contribution in [0.5, 0.6) is 0 Å². The van der Waals surface area contributed by atoms with Crippen LogP contribution in [0.1, 0.15) is 46.1 Å². The lowest BCUT2D eigenvalue weighted by atomic mass is 10.1. The molecule has 1 N–H and O–H groups in total. The molecule has 0 aliphatic rings. The topological polar surface area (TPSA) is 120 Å². The Balaban J connectivity index is 1.48. The standard InChI is InChI=1S/C29H21N7O3/c1-18-24(27-30-14-7-15-35(27)34-18)28(37)32-19(2)26-33-23-11-6-8-20(12-13-21-16-39-17-31-21)25(23)29(38)36(26)22-9-4-3-5-10-22/h3-11,14-17,19H,1-2H3,(H,32,37)/t19-/m0/s1. The number of rotatable bonds is 4. The third-order valence-corrected chi connectivity index (χ3v) is 6.23. The maximum atomic E-state index is 14.1. The third kappa shape index (κ3) is 4.32. The Morgan fingerprint density at radius 1 is 1.05 bits per heavy atom. The smallest absolute Gasteiger partial charge is 0.267 e. The SMILES string of the molecule is Cc1nn2cccnc2c1C(=O)N[C@@H](C)c1nc2cccc(C#Cc3cocn3)c2c(=O)n1-c1ccccc1. The van der Waals surface area contributed by atoms with E-state index in [1.54, 1.807) is 55.0 Å². The first-order chi connectivity index (χ1) is 19.0. The van der Waals surface area contributed by atoms with E-state index in [9.17, 15) is 9.59 Å². The molecule has 0 saturated heterocycles. The molecular formula is C29H21N7O3. The molecule has 0 aliphatic heterocycles. The zero-order valence-corrected chi connectivity index (χ0v) is 21.0. The summed E-state index contributed by atoms with van der Waals surface area (Å²) in [7, 11) is 0. The van der Waals surface area contributed by atoms with E-state index in [-0.39, 0.29) is 11.5 Å². The Morgan fingerprint density at radius 3 is 2.69 bits per heavy atom. The molecule has 4 heterocycles. The largest absolute Gasteiger partial charge is 0.450 e. The molecular weight excluding hydrogens is 494 g/mol. The van der Waals surface area contributed by atoms with Crippen molar-refractivity contribution in [2.45, 2.75) is 19.9 Å². The van der Waals surface area contributed by atoms with Gasteiger partial charge in [0, 0.05) is 18.0 Å². The first-order valence-electron chi connectivity index (χ1n) is 12.1. The molecule has 1 atom stereocenters. The zero-order valence-electron chi connectivity index (χ0n) is 21.0. The van der Waals surface area contributed by atoms with Gasteiger partial charge in [-0.15, -0.1) is 0 Å². The van der Waals surface area contributed by atoms with E-state index in [0.717, 1.165) is 0 Å². The number of nitrogens with zero attached hydrogens (tertiary/aromatic N) is 6. The maximum absolute atomic E-state index is 14.1. The fourth-order valence-corrected chi connectivity index (χ4v) is 4.47. The van der Waals surface area contributed by atoms with E-state index in [0.29, 0.717) is 50.6 Å². The van der Waals surface area contributed by atoms with E-state index in [1.165, 1.54) is 17.2 Å². The quantitative estimate of drug-likeness (QED) is 0.356. The van der Waals surface area contributed by atoms with Crippen molar-refractivity contribution in [2.75, 3.05) is 0 Å². The number of aryl methyl sites for hydroxylation is 1. The Labute approximate surface area is 222 Å². The van der Waals surface area contributed by atoms with Crippen LogP contribution >= 0.6 is 0 Å². The number of fused-ring (bicyclic) bond motifs is 2. The average Bonchev–Trinajstić information content (AvgIpc) is 3.59. The number of carbonyl (C=O) groups is 1. The number of aromatic nitrogens is 6. The molecule has 39 heavy (non-hydrogen) atoms. The zero-order chi connectivity index (χ0) is 26.9. The van der Waals surface area contributed by atoms with E-state index >= 15 is 0 Å². The summed E-state index contributed by atoms with van der Waals surface area (Å²) < 4.78 is 8.06. The first kappa shape index (κ1) is 23.8. The Hall–Kier alpha value is -5.56. The highest BCUT2D eigenvalue weighted by molar-refractivity contribution is 6.01. The molecule has 0 aliphatic carbocycles. The molecule has 0 spiro atoms. The van der Waals surface area contributed by atoms with Crippen molar-refractivity contribution < 1.29 is 9.21 Å². The van der Waals surface area contributed by atoms with Gasteiger partial charge in [-0.2, -0.15) is 5.10 Å². The number of hydrogen-bond donors (Lipinski definition) is 1. The van der Waals surface area contributed by atoms with Gasteiger partial charge in [0.05, 0.1) is 28.3 Å². The molecule has 0 saturated carbocycles. The average molecular weight is 516 g/mol. The highest BCUT2D eigenvalue weighted by atomic mass is 16.3. The number of oxazole rings is 1. The number of benzene rings is 2. The second-order valence-electron chi connectivity index (χ2n) is 8.81. The van der Waals surface area contributed by atoms with Crippen molar-refractivity contribution in [3.8, 4) is 17.5 Å². The van der Waals surface area contributed by atoms with E-state index < -0.39 is 6.04 Å². The third-order valence-electron chi connectivity index (χ3n) is 6.23. The molecule has 6 rings (SSSR count). The van der Waals surface area contributed by atoms with Crippen LogP contribution < -0.4 is 10.9 Å². The summed E-state index contributed by atoms with van der Waals surface area (Å²) in [6.07, 6.45) is 6.07. The van der Waals surface area contributed by atoms with Gasteiger partial charge in [-0.05, 0) is 50.1 Å². The van der Waals surface area contributed by atoms with Crippen molar-refractivity contribution in [2.24, 2.45) is 0 Å². The van der Waals surface area contributed by atoms with Crippen LogP contribution in [0, 0.1) is 18.8 Å². The summed E-state index contributed by atoms with van der Waals surface area (Å²) in [5.74, 6) is 5.94. The fraction of sp³-hybridized carbons (Fsp3) is 0.103. The summed E-state index contributed by atoms with van der Waals surface area (Å²) in [5.41, 5.74) is 3.08. The van der Waals surface area contributed by atoms with Gasteiger partial charge in [0.25, 0.3) is 11.5 Å². The molecule has 6 aromatic rings. The Bertz CT molecular complexity index is 1960. The predicted molar refractivity (Wildman–Crippen MR) is 143 cm³/mol. The highest BCUT2D eigenvalue weighted by Crippen LogP contribution is 2.21. The van der Waals surface area contributed by atoms with E-state index in [4.69, 9.17) is 9.40 Å². The minimum absolute atomic E-state index is 0.304. The van der Waals surface area contributed by atoms with Crippen LogP contribution in [-0.2, 0) is 0 Å². The Morgan fingerprint density at radius 2 is 1.90 bits per heavy atom. The molecule has 0 bridgehead atoms. The van der Waals surface area contributed by atoms with Gasteiger partial charge in [0.1, 0.15) is 17.7 Å². The van der Waals surface area contributed by atoms with Gasteiger partial charge < -0.3 is 9.73 Å². The summed E-state index contributed by atoms with van der Waals surface area (Å²) in [6.45, 7) is 3.54. The molecule has 0 fully saturated rings. The summed E-state index contributed by atoms with van der Waals surface area (Å²) in [4.78, 5) is 40.7. The summed E-state index contributed by atoms with van der Waals surface area (Å²) in [5, 5.41) is 7.73. The number of nitrogens with one attached hydrogen (secondary N) is 1. The van der Waals surface area contributed by atoms with Crippen LogP contribution in [-0.4, -0.2) is 35.0 Å². The second kappa shape index (κ2) is 9.72. The lowest BCUT2D eigenvalue weighted by Gasteiger charge is -2.20. The van der Waals surface area contributed by atoms with Gasteiger partial charge in [0.2, 0.25) is 0 Å². The van der Waals surface area contributed by atoms with Crippen LogP contribution in [0.2, 0.25) is 0 Å². The van der Waals surface area contributed by atoms with Crippen LogP contribution in [0.25, 0.3) is 22.2 Å². The van der Waals surface area contributed by atoms with E-state index in [1.807, 2.05) is 30.3 Å². The van der Waals surface area contributed by atoms with Crippen LogP contribution in [0.15, 0.2) is 88.9 Å². The number of carbonyl (C=O) groups excluding carboxylic acids is 1. The van der Waals surface area contributed by atoms with Crippen molar-refractivity contribution in [3.05, 3.63) is 118 Å². The number of hydrogen-bond acceptors (Lipinski definition) is 7. The number of amides is 1. The monoisotopic (exact) mass is 515 g/mol.